The fraction of sp³-hybridized carbons (Fsp3) is 0.808. The standard InChI is InChI=1S/C52H97N2O7P/c1-7-10-13-16-19-22-25-26-27-30-32-35-38-41-44-51(55)53-49(48-60-62(57,58)59-47-46-54(4,5)6)50(43-40-37-34-31-28-23-20-17-14-11-8-2)61-52(56)45-42-39-36-33-29-24-21-18-15-12-9-3/h10,13,18-19,21-22,40,43,49-50H,7-9,11-12,14-17,20,23-39,41-42,44-48H2,1-6H3,(H-,53,55,57,58)/p+1/b13-10+,21-18-,22-19+,43-40+. The van der Waals surface area contributed by atoms with Crippen LogP contribution in [0.25, 0.3) is 0 Å². The van der Waals surface area contributed by atoms with Gasteiger partial charge in [-0.2, -0.15) is 0 Å². The van der Waals surface area contributed by atoms with Crippen molar-refractivity contribution in [3.05, 3.63) is 48.6 Å². The molecule has 0 aliphatic rings. The fourth-order valence-electron chi connectivity index (χ4n) is 7.02. The topological polar surface area (TPSA) is 111 Å². The second kappa shape index (κ2) is 42.9. The zero-order valence-electron chi connectivity index (χ0n) is 41.1. The van der Waals surface area contributed by atoms with E-state index < -0.39 is 20.0 Å². The number of rotatable bonds is 45. The van der Waals surface area contributed by atoms with E-state index >= 15 is 0 Å². The molecular formula is C52H98N2O7P+. The van der Waals surface area contributed by atoms with Crippen LogP contribution in [-0.2, 0) is 27.9 Å². The van der Waals surface area contributed by atoms with E-state index in [1.165, 1.54) is 77.0 Å². The summed E-state index contributed by atoms with van der Waals surface area (Å²) in [6, 6.07) is -0.851. The van der Waals surface area contributed by atoms with Crippen molar-refractivity contribution in [2.45, 2.75) is 232 Å². The average Bonchev–Trinajstić information content (AvgIpc) is 3.22. The molecule has 3 unspecified atom stereocenters. The number of ether oxygens (including phenoxy) is 1. The molecule has 0 fully saturated rings. The second-order valence-corrected chi connectivity index (χ2v) is 19.8. The van der Waals surface area contributed by atoms with E-state index in [4.69, 9.17) is 13.8 Å². The van der Waals surface area contributed by atoms with Gasteiger partial charge in [0.25, 0.3) is 0 Å². The van der Waals surface area contributed by atoms with Gasteiger partial charge >= 0.3 is 13.8 Å². The molecule has 0 aromatic rings. The lowest BCUT2D eigenvalue weighted by Crippen LogP contribution is -2.47. The van der Waals surface area contributed by atoms with E-state index in [0.29, 0.717) is 17.4 Å². The zero-order valence-corrected chi connectivity index (χ0v) is 42.0. The first-order valence-corrected chi connectivity index (χ1v) is 27.0. The van der Waals surface area contributed by atoms with Crippen LogP contribution < -0.4 is 5.32 Å². The van der Waals surface area contributed by atoms with Gasteiger partial charge in [-0.05, 0) is 76.7 Å². The lowest BCUT2D eigenvalue weighted by molar-refractivity contribution is -0.870. The third-order valence-electron chi connectivity index (χ3n) is 11.0. The average molecular weight is 894 g/mol. The van der Waals surface area contributed by atoms with Crippen molar-refractivity contribution in [3.63, 3.8) is 0 Å². The molecule has 0 rings (SSSR count). The lowest BCUT2D eigenvalue weighted by atomic mass is 10.1. The maximum Gasteiger partial charge on any atom is 0.472 e. The molecule has 0 saturated carbocycles. The first kappa shape index (κ1) is 60.0. The van der Waals surface area contributed by atoms with Crippen molar-refractivity contribution in [1.29, 1.82) is 0 Å². The Morgan fingerprint density at radius 3 is 1.60 bits per heavy atom. The summed E-state index contributed by atoms with van der Waals surface area (Å²) in [4.78, 5) is 37.3. The van der Waals surface area contributed by atoms with Crippen LogP contribution in [0.4, 0.5) is 0 Å². The molecule has 0 radical (unpaired) electrons. The third-order valence-corrected chi connectivity index (χ3v) is 12.0. The van der Waals surface area contributed by atoms with Gasteiger partial charge in [0.1, 0.15) is 19.3 Å². The number of unbranched alkanes of at least 4 members (excludes halogenated alkanes) is 23. The molecular weight excluding hydrogens is 796 g/mol. The molecule has 62 heavy (non-hydrogen) atoms. The van der Waals surface area contributed by atoms with Crippen molar-refractivity contribution in [2.75, 3.05) is 40.9 Å². The highest BCUT2D eigenvalue weighted by Gasteiger charge is 2.30. The molecule has 0 bridgehead atoms. The number of quaternary nitrogens is 1. The highest BCUT2D eigenvalue weighted by molar-refractivity contribution is 7.47. The van der Waals surface area contributed by atoms with E-state index in [2.05, 4.69) is 62.5 Å². The van der Waals surface area contributed by atoms with E-state index in [-0.39, 0.29) is 31.5 Å². The number of hydrogen-bond acceptors (Lipinski definition) is 6. The predicted molar refractivity (Wildman–Crippen MR) is 263 cm³/mol. The molecule has 0 aromatic heterocycles. The summed E-state index contributed by atoms with van der Waals surface area (Å²) in [5, 5.41) is 3.02. The predicted octanol–water partition coefficient (Wildman–Crippen LogP) is 14.6. The number of nitrogens with zero attached hydrogens (tertiary/aromatic N) is 1. The lowest BCUT2D eigenvalue weighted by Gasteiger charge is -2.27. The van der Waals surface area contributed by atoms with Crippen LogP contribution in [-0.4, -0.2) is 74.3 Å². The van der Waals surface area contributed by atoms with Crippen LogP contribution in [0.3, 0.4) is 0 Å². The van der Waals surface area contributed by atoms with E-state index in [9.17, 15) is 19.0 Å². The van der Waals surface area contributed by atoms with Gasteiger partial charge in [0.2, 0.25) is 5.91 Å². The van der Waals surface area contributed by atoms with Crippen molar-refractivity contribution in [3.8, 4) is 0 Å². The first-order chi connectivity index (χ1) is 29.9. The molecule has 3 atom stereocenters. The number of phosphoric acid groups is 1. The van der Waals surface area contributed by atoms with Crippen molar-refractivity contribution < 1.29 is 37.3 Å². The van der Waals surface area contributed by atoms with Gasteiger partial charge in [0.05, 0.1) is 33.8 Å². The van der Waals surface area contributed by atoms with E-state index in [1.54, 1.807) is 0 Å². The number of phosphoric ester groups is 1. The Labute approximate surface area is 382 Å². The van der Waals surface area contributed by atoms with Gasteiger partial charge in [-0.1, -0.05) is 179 Å². The molecule has 0 saturated heterocycles. The van der Waals surface area contributed by atoms with Crippen LogP contribution in [0.2, 0.25) is 0 Å². The molecule has 1 amide bonds. The Kier molecular flexibility index (Phi) is 41.5. The van der Waals surface area contributed by atoms with Crippen molar-refractivity contribution in [2.24, 2.45) is 0 Å². The molecule has 0 aliphatic heterocycles. The summed E-state index contributed by atoms with van der Waals surface area (Å²) in [6.45, 7) is 6.83. The Bertz CT molecular complexity index is 1210. The molecule has 0 spiro atoms. The Morgan fingerprint density at radius 1 is 0.581 bits per heavy atom. The molecule has 0 aliphatic carbocycles. The Morgan fingerprint density at radius 2 is 1.05 bits per heavy atom. The smallest absolute Gasteiger partial charge is 0.456 e. The molecule has 10 heteroatoms. The van der Waals surface area contributed by atoms with Crippen LogP contribution in [0.5, 0.6) is 0 Å². The number of carbonyl (C=O) groups excluding carboxylic acids is 2. The summed E-state index contributed by atoms with van der Waals surface area (Å²) >= 11 is 0. The summed E-state index contributed by atoms with van der Waals surface area (Å²) in [6.07, 6.45) is 49.6. The van der Waals surface area contributed by atoms with E-state index in [1.807, 2.05) is 33.3 Å². The van der Waals surface area contributed by atoms with Crippen molar-refractivity contribution >= 4 is 19.7 Å². The first-order valence-electron chi connectivity index (χ1n) is 25.5. The van der Waals surface area contributed by atoms with Gasteiger partial charge in [-0.15, -0.1) is 0 Å². The van der Waals surface area contributed by atoms with Crippen molar-refractivity contribution in [1.82, 2.24) is 5.32 Å². The Balaban J connectivity index is 5.44. The number of likely N-dealkylation sites (N-methyl/N-ethyl adjacent to an activating group) is 1. The molecule has 0 heterocycles. The number of allylic oxidation sites excluding steroid dienone is 7. The molecule has 9 nitrogen and oxygen atoms in total. The number of amides is 1. The van der Waals surface area contributed by atoms with Crippen LogP contribution >= 0.6 is 7.82 Å². The zero-order chi connectivity index (χ0) is 45.8. The largest absolute Gasteiger partial charge is 0.472 e. The number of carbonyl (C=O) groups is 2. The van der Waals surface area contributed by atoms with Gasteiger partial charge in [0, 0.05) is 12.8 Å². The van der Waals surface area contributed by atoms with E-state index in [0.717, 1.165) is 109 Å². The highest BCUT2D eigenvalue weighted by atomic mass is 31.2. The number of esters is 1. The minimum Gasteiger partial charge on any atom is -0.456 e. The van der Waals surface area contributed by atoms with Gasteiger partial charge in [-0.25, -0.2) is 4.57 Å². The monoisotopic (exact) mass is 894 g/mol. The number of nitrogens with one attached hydrogen (secondary N) is 1. The SMILES string of the molecule is CC/C=C/C/C=C/CCCCCCCCCC(=O)NC(COP(=O)(O)OCC[N+](C)(C)C)C(/C=C/CCCCCCCCCCC)OC(=O)CCCCCCC/C=C\CCCC. The summed E-state index contributed by atoms with van der Waals surface area (Å²) in [5.74, 6) is -0.529. The van der Waals surface area contributed by atoms with Gasteiger partial charge < -0.3 is 19.4 Å². The summed E-state index contributed by atoms with van der Waals surface area (Å²) in [5.41, 5.74) is 0. The number of hydrogen-bond donors (Lipinski definition) is 2. The normalized spacial score (nSPS) is 14.4. The van der Waals surface area contributed by atoms with Crippen LogP contribution in [0.15, 0.2) is 48.6 Å². The van der Waals surface area contributed by atoms with Gasteiger partial charge in [-0.3, -0.25) is 18.6 Å². The van der Waals surface area contributed by atoms with Crippen LogP contribution in [0, 0.1) is 0 Å². The van der Waals surface area contributed by atoms with Crippen LogP contribution in [0.1, 0.15) is 220 Å². The van der Waals surface area contributed by atoms with Gasteiger partial charge in [0.15, 0.2) is 0 Å². The third kappa shape index (κ3) is 43.2. The summed E-state index contributed by atoms with van der Waals surface area (Å²) in [7, 11) is 1.48. The Hall–Kier alpha value is -2.03. The molecule has 2 N–H and O–H groups in total. The quantitative estimate of drug-likeness (QED) is 0.0206. The molecule has 362 valence electrons. The maximum atomic E-state index is 13.4. The minimum absolute atomic E-state index is 0.0367. The second-order valence-electron chi connectivity index (χ2n) is 18.3. The molecule has 0 aromatic carbocycles. The fourth-order valence-corrected chi connectivity index (χ4v) is 7.75. The maximum absolute atomic E-state index is 13.4. The summed E-state index contributed by atoms with van der Waals surface area (Å²) < 4.78 is 30.4. The highest BCUT2D eigenvalue weighted by Crippen LogP contribution is 2.43. The minimum atomic E-state index is -4.44.